The summed E-state index contributed by atoms with van der Waals surface area (Å²) in [5.41, 5.74) is 7.09. The van der Waals surface area contributed by atoms with E-state index in [1.165, 1.54) is 6.07 Å². The number of hydrogen-bond acceptors (Lipinski definition) is 6. The molecule has 2 heterocycles. The number of imidazole rings is 1. The Morgan fingerprint density at radius 2 is 2.05 bits per heavy atom. The maximum Gasteiger partial charge on any atom is 0.274 e. The highest BCUT2D eigenvalue weighted by molar-refractivity contribution is 9.10. The zero-order valence-electron chi connectivity index (χ0n) is 10.9. The van der Waals surface area contributed by atoms with Gasteiger partial charge in [0.05, 0.1) is 11.5 Å². The van der Waals surface area contributed by atoms with Crippen LogP contribution < -0.4 is 5.73 Å². The van der Waals surface area contributed by atoms with Crippen molar-refractivity contribution in [2.75, 3.05) is 5.73 Å². The van der Waals surface area contributed by atoms with E-state index in [1.54, 1.807) is 22.8 Å². The van der Waals surface area contributed by atoms with Crippen LogP contribution in [0.5, 0.6) is 0 Å². The van der Waals surface area contributed by atoms with E-state index in [0.717, 1.165) is 0 Å². The quantitative estimate of drug-likeness (QED) is 0.322. The molecule has 0 aliphatic carbocycles. The minimum absolute atomic E-state index is 0.0128. The Kier molecular flexibility index (Phi) is 3.67. The van der Waals surface area contributed by atoms with Gasteiger partial charge in [0.2, 0.25) is 5.28 Å². The molecule has 0 bridgehead atoms. The second-order valence-electron chi connectivity index (χ2n) is 4.40. The average molecular weight is 384 g/mol. The van der Waals surface area contributed by atoms with E-state index in [2.05, 4.69) is 30.9 Å². The van der Waals surface area contributed by atoms with Gasteiger partial charge in [-0.1, -0.05) is 18.2 Å². The van der Waals surface area contributed by atoms with Gasteiger partial charge in [0.1, 0.15) is 0 Å². The number of hydrogen-bond donors (Lipinski definition) is 1. The summed E-state index contributed by atoms with van der Waals surface area (Å²) in [5.74, 6) is 0.150. The third kappa shape index (κ3) is 2.48. The number of rotatable bonds is 3. The molecule has 22 heavy (non-hydrogen) atoms. The van der Waals surface area contributed by atoms with Crippen molar-refractivity contribution in [3.8, 4) is 0 Å². The summed E-state index contributed by atoms with van der Waals surface area (Å²) in [6.07, 6.45) is 0. The maximum atomic E-state index is 11.1. The first-order valence-electron chi connectivity index (χ1n) is 6.04. The second-order valence-corrected chi connectivity index (χ2v) is 5.45. The number of nitrogen functional groups attached to an aromatic ring is 1. The minimum Gasteiger partial charge on any atom is -0.382 e. The lowest BCUT2D eigenvalue weighted by Crippen LogP contribution is -2.05. The number of benzene rings is 1. The standard InChI is InChI=1S/C12H8BrClN6O2/c13-11-16-8-9(15)17-12(14)18-10(8)19(11)5-6-3-1-2-4-7(6)20(21)22/h1-4H,5H2,(H2,15,17,18). The molecule has 0 aliphatic heterocycles. The number of fused-ring (bicyclic) bond motifs is 1. The summed E-state index contributed by atoms with van der Waals surface area (Å²) < 4.78 is 2.07. The summed E-state index contributed by atoms with van der Waals surface area (Å²) in [7, 11) is 0. The third-order valence-corrected chi connectivity index (χ3v) is 3.84. The van der Waals surface area contributed by atoms with Gasteiger partial charge < -0.3 is 5.73 Å². The van der Waals surface area contributed by atoms with Crippen molar-refractivity contribution in [3.05, 3.63) is 50.0 Å². The smallest absolute Gasteiger partial charge is 0.274 e. The van der Waals surface area contributed by atoms with Crippen LogP contribution in [0, 0.1) is 10.1 Å². The summed E-state index contributed by atoms with van der Waals surface area (Å²) in [6.45, 7) is 0.195. The molecule has 2 aromatic heterocycles. The van der Waals surface area contributed by atoms with Gasteiger partial charge in [-0.3, -0.25) is 14.7 Å². The Morgan fingerprint density at radius 3 is 2.77 bits per heavy atom. The largest absolute Gasteiger partial charge is 0.382 e. The molecule has 0 atom stereocenters. The normalized spacial score (nSPS) is 11.0. The van der Waals surface area contributed by atoms with E-state index in [-0.39, 0.29) is 23.3 Å². The van der Waals surface area contributed by atoms with Crippen LogP contribution in [0.1, 0.15) is 5.56 Å². The topological polar surface area (TPSA) is 113 Å². The molecule has 3 aromatic rings. The molecule has 3 rings (SSSR count). The number of nitrogens with two attached hydrogens (primary N) is 1. The van der Waals surface area contributed by atoms with Gasteiger partial charge >= 0.3 is 0 Å². The van der Waals surface area contributed by atoms with Crippen LogP contribution in [-0.4, -0.2) is 24.4 Å². The Hall–Kier alpha value is -2.26. The fourth-order valence-corrected chi connectivity index (χ4v) is 2.74. The van der Waals surface area contributed by atoms with Gasteiger partial charge in [0.15, 0.2) is 21.7 Å². The van der Waals surface area contributed by atoms with E-state index in [4.69, 9.17) is 17.3 Å². The van der Waals surface area contributed by atoms with E-state index in [0.29, 0.717) is 21.5 Å². The van der Waals surface area contributed by atoms with Crippen molar-refractivity contribution in [2.24, 2.45) is 0 Å². The van der Waals surface area contributed by atoms with Crippen LogP contribution in [0.3, 0.4) is 0 Å². The van der Waals surface area contributed by atoms with Crippen molar-refractivity contribution in [3.63, 3.8) is 0 Å². The Labute approximate surface area is 137 Å². The zero-order valence-corrected chi connectivity index (χ0v) is 13.2. The first kappa shape index (κ1) is 14.7. The van der Waals surface area contributed by atoms with Crippen LogP contribution in [0.4, 0.5) is 11.5 Å². The number of halogens is 2. The van der Waals surface area contributed by atoms with E-state index >= 15 is 0 Å². The van der Waals surface area contributed by atoms with E-state index in [1.807, 2.05) is 0 Å². The van der Waals surface area contributed by atoms with E-state index < -0.39 is 4.92 Å². The minimum atomic E-state index is -0.432. The lowest BCUT2D eigenvalue weighted by Gasteiger charge is -2.06. The van der Waals surface area contributed by atoms with Gasteiger partial charge in [-0.15, -0.1) is 0 Å². The number of nitro groups is 1. The predicted molar refractivity (Wildman–Crippen MR) is 84.6 cm³/mol. The fourth-order valence-electron chi connectivity index (χ4n) is 2.10. The molecule has 0 saturated heterocycles. The van der Waals surface area contributed by atoms with Gasteiger partial charge in [-0.2, -0.15) is 9.97 Å². The van der Waals surface area contributed by atoms with Crippen molar-refractivity contribution in [2.45, 2.75) is 6.54 Å². The van der Waals surface area contributed by atoms with Crippen molar-refractivity contribution >= 4 is 50.2 Å². The third-order valence-electron chi connectivity index (χ3n) is 3.06. The highest BCUT2D eigenvalue weighted by Gasteiger charge is 2.18. The second kappa shape index (κ2) is 5.50. The highest BCUT2D eigenvalue weighted by atomic mass is 79.9. The molecule has 0 saturated carbocycles. The van der Waals surface area contributed by atoms with E-state index in [9.17, 15) is 10.1 Å². The van der Waals surface area contributed by atoms with Gasteiger partial charge in [0.25, 0.3) is 5.69 Å². The summed E-state index contributed by atoms with van der Waals surface area (Å²) in [5, 5.41) is 11.1. The number of anilines is 1. The Balaban J connectivity index is 2.16. The molecule has 0 amide bonds. The molecule has 0 unspecified atom stereocenters. The molecule has 10 heteroatoms. The lowest BCUT2D eigenvalue weighted by molar-refractivity contribution is -0.385. The SMILES string of the molecule is Nc1nc(Cl)nc2c1nc(Br)n2Cc1ccccc1[N+](=O)[O-]. The molecule has 8 nitrogen and oxygen atoms in total. The van der Waals surface area contributed by atoms with Crippen LogP contribution in [0.2, 0.25) is 5.28 Å². The molecule has 112 valence electrons. The summed E-state index contributed by atoms with van der Waals surface area (Å²) in [6, 6.07) is 6.45. The molecule has 0 spiro atoms. The van der Waals surface area contributed by atoms with Gasteiger partial charge in [-0.05, 0) is 27.5 Å². The number of aromatic nitrogens is 4. The molecule has 1 aromatic carbocycles. The Morgan fingerprint density at radius 1 is 1.32 bits per heavy atom. The van der Waals surface area contributed by atoms with Crippen molar-refractivity contribution in [1.29, 1.82) is 0 Å². The maximum absolute atomic E-state index is 11.1. The van der Waals surface area contributed by atoms with Crippen LogP contribution in [-0.2, 0) is 6.54 Å². The molecule has 0 radical (unpaired) electrons. The van der Waals surface area contributed by atoms with Crippen molar-refractivity contribution in [1.82, 2.24) is 19.5 Å². The predicted octanol–water partition coefficient (Wildman–Crippen LogP) is 2.78. The molecular weight excluding hydrogens is 376 g/mol. The average Bonchev–Trinajstić information content (AvgIpc) is 2.77. The fraction of sp³-hybridized carbons (Fsp3) is 0.0833. The lowest BCUT2D eigenvalue weighted by atomic mass is 10.2. The van der Waals surface area contributed by atoms with Gasteiger partial charge in [-0.25, -0.2) is 4.98 Å². The monoisotopic (exact) mass is 382 g/mol. The highest BCUT2D eigenvalue weighted by Crippen LogP contribution is 2.27. The molecule has 0 fully saturated rings. The van der Waals surface area contributed by atoms with Crippen LogP contribution in [0.25, 0.3) is 11.2 Å². The summed E-state index contributed by atoms with van der Waals surface area (Å²) in [4.78, 5) is 22.8. The molecule has 2 N–H and O–H groups in total. The molecule has 0 aliphatic rings. The van der Waals surface area contributed by atoms with Crippen molar-refractivity contribution < 1.29 is 4.92 Å². The molecular formula is C12H8BrClN6O2. The number of nitrogens with zero attached hydrogens (tertiary/aromatic N) is 5. The first-order chi connectivity index (χ1) is 10.5. The van der Waals surface area contributed by atoms with Crippen LogP contribution in [0.15, 0.2) is 29.0 Å². The first-order valence-corrected chi connectivity index (χ1v) is 7.21. The Bertz CT molecular complexity index is 897. The van der Waals surface area contributed by atoms with Gasteiger partial charge in [0, 0.05) is 11.6 Å². The number of nitro benzene ring substituents is 1. The summed E-state index contributed by atoms with van der Waals surface area (Å²) >= 11 is 9.13. The zero-order chi connectivity index (χ0) is 15.9. The van der Waals surface area contributed by atoms with Crippen LogP contribution >= 0.6 is 27.5 Å². The number of para-hydroxylation sites is 1.